The molecule has 0 saturated carbocycles. The molecule has 2 N–H and O–H groups in total. The number of benzene rings is 1. The molecule has 1 saturated heterocycles. The first-order valence-electron chi connectivity index (χ1n) is 7.69. The van der Waals surface area contributed by atoms with E-state index in [9.17, 15) is 0 Å². The third-order valence-corrected chi connectivity index (χ3v) is 4.23. The van der Waals surface area contributed by atoms with Crippen molar-refractivity contribution in [1.29, 1.82) is 0 Å². The molecule has 0 amide bonds. The maximum Gasteiger partial charge on any atom is 0.134 e. The summed E-state index contributed by atoms with van der Waals surface area (Å²) >= 11 is 0. The van der Waals surface area contributed by atoms with Crippen LogP contribution in [0, 0.1) is 0 Å². The topological polar surface area (TPSA) is 45.4 Å². The molecule has 1 unspecified atom stereocenters. The van der Waals surface area contributed by atoms with Gasteiger partial charge < -0.3 is 15.5 Å². The van der Waals surface area contributed by atoms with Gasteiger partial charge >= 0.3 is 0 Å². The number of nitrogens with two attached hydrogens (primary N) is 1. The van der Waals surface area contributed by atoms with Gasteiger partial charge in [0.25, 0.3) is 0 Å². The molecule has 0 aliphatic carbocycles. The van der Waals surface area contributed by atoms with Gasteiger partial charge in [0, 0.05) is 36.6 Å². The van der Waals surface area contributed by atoms with Crippen LogP contribution in [0.5, 0.6) is 0 Å². The Morgan fingerprint density at radius 1 is 1.33 bits per heavy atom. The monoisotopic (exact) mass is 284 g/mol. The van der Waals surface area contributed by atoms with E-state index in [1.165, 1.54) is 18.2 Å². The minimum atomic E-state index is 0.540. The predicted molar refractivity (Wildman–Crippen MR) is 88.6 cm³/mol. The van der Waals surface area contributed by atoms with Crippen LogP contribution in [0.1, 0.15) is 18.4 Å². The van der Waals surface area contributed by atoms with Crippen molar-refractivity contribution in [3.05, 3.63) is 35.9 Å². The van der Waals surface area contributed by atoms with Crippen LogP contribution in [0.25, 0.3) is 10.9 Å². The number of hydrogen-bond acceptors (Lipinski definition) is 4. The molecule has 0 spiro atoms. The van der Waals surface area contributed by atoms with E-state index in [0.717, 1.165) is 30.0 Å². The van der Waals surface area contributed by atoms with Crippen molar-refractivity contribution in [3.63, 3.8) is 0 Å². The third-order valence-electron chi connectivity index (χ3n) is 4.23. The second-order valence-corrected chi connectivity index (χ2v) is 6.12. The lowest BCUT2D eigenvalue weighted by molar-refractivity contribution is 0.371. The molecule has 1 aromatic heterocycles. The summed E-state index contributed by atoms with van der Waals surface area (Å²) in [6.45, 7) is 2.69. The zero-order valence-corrected chi connectivity index (χ0v) is 12.9. The highest BCUT2D eigenvalue weighted by Gasteiger charge is 2.27. The minimum Gasteiger partial charge on any atom is -0.352 e. The fourth-order valence-corrected chi connectivity index (χ4v) is 3.27. The smallest absolute Gasteiger partial charge is 0.134 e. The number of pyridine rings is 1. The highest BCUT2D eigenvalue weighted by molar-refractivity contribution is 5.82. The zero-order valence-electron chi connectivity index (χ0n) is 12.9. The number of likely N-dealkylation sites (N-methyl/N-ethyl adjacent to an activating group) is 1. The van der Waals surface area contributed by atoms with Crippen molar-refractivity contribution in [3.8, 4) is 0 Å². The van der Waals surface area contributed by atoms with Crippen LogP contribution in [-0.2, 0) is 6.54 Å². The molecule has 4 nitrogen and oxygen atoms in total. The molecule has 0 radical (unpaired) electrons. The Hall–Kier alpha value is -1.65. The maximum absolute atomic E-state index is 5.98. The van der Waals surface area contributed by atoms with Crippen molar-refractivity contribution in [2.24, 2.45) is 5.73 Å². The van der Waals surface area contributed by atoms with Gasteiger partial charge in [-0.3, -0.25) is 0 Å². The molecule has 4 heteroatoms. The summed E-state index contributed by atoms with van der Waals surface area (Å²) in [5, 5.41) is 1.17. The standard InChI is InChI=1S/C17H24N4/c1-20(2)12-15-7-5-9-21(15)17-14(11-18)10-13-6-3-4-8-16(13)19-17/h3-4,6,8,10,15H,5,7,9,11-12,18H2,1-2H3. The first kappa shape index (κ1) is 14.3. The molecule has 3 rings (SSSR count). The van der Waals surface area contributed by atoms with Gasteiger partial charge in [0.15, 0.2) is 0 Å². The summed E-state index contributed by atoms with van der Waals surface area (Å²) in [5.41, 5.74) is 8.19. The van der Waals surface area contributed by atoms with Crippen LogP contribution >= 0.6 is 0 Å². The first-order valence-corrected chi connectivity index (χ1v) is 7.69. The third kappa shape index (κ3) is 2.87. The number of aromatic nitrogens is 1. The highest BCUT2D eigenvalue weighted by Crippen LogP contribution is 2.29. The molecule has 1 atom stereocenters. The Morgan fingerprint density at radius 3 is 2.90 bits per heavy atom. The van der Waals surface area contributed by atoms with Crippen LogP contribution in [0.3, 0.4) is 0 Å². The average Bonchev–Trinajstić information content (AvgIpc) is 2.93. The molecule has 0 bridgehead atoms. The molecule has 21 heavy (non-hydrogen) atoms. The zero-order chi connectivity index (χ0) is 14.8. The first-order chi connectivity index (χ1) is 10.2. The van der Waals surface area contributed by atoms with Crippen molar-refractivity contribution in [2.75, 3.05) is 32.1 Å². The molecule has 1 aromatic carbocycles. The second-order valence-electron chi connectivity index (χ2n) is 6.12. The van der Waals surface area contributed by atoms with Gasteiger partial charge in [-0.25, -0.2) is 4.98 Å². The molecule has 2 heterocycles. The van der Waals surface area contributed by atoms with E-state index in [4.69, 9.17) is 10.7 Å². The summed E-state index contributed by atoms with van der Waals surface area (Å²) in [7, 11) is 4.27. The Kier molecular flexibility index (Phi) is 4.08. The fraction of sp³-hybridized carbons (Fsp3) is 0.471. The van der Waals surface area contributed by atoms with Gasteiger partial charge in [-0.05, 0) is 39.1 Å². The molecule has 1 aliphatic heterocycles. The highest BCUT2D eigenvalue weighted by atomic mass is 15.3. The maximum atomic E-state index is 5.98. The molecule has 112 valence electrons. The summed E-state index contributed by atoms with van der Waals surface area (Å²) < 4.78 is 0. The van der Waals surface area contributed by atoms with Crippen molar-refractivity contribution < 1.29 is 0 Å². The lowest BCUT2D eigenvalue weighted by Gasteiger charge is -2.29. The van der Waals surface area contributed by atoms with Gasteiger partial charge in [-0.1, -0.05) is 18.2 Å². The van der Waals surface area contributed by atoms with E-state index in [2.05, 4.69) is 48.2 Å². The molecule has 2 aromatic rings. The van der Waals surface area contributed by atoms with Gasteiger partial charge in [-0.2, -0.15) is 0 Å². The second kappa shape index (κ2) is 6.00. The van der Waals surface area contributed by atoms with Crippen LogP contribution < -0.4 is 10.6 Å². The summed E-state index contributed by atoms with van der Waals surface area (Å²) in [6.07, 6.45) is 2.47. The van der Waals surface area contributed by atoms with Gasteiger partial charge in [0.05, 0.1) is 5.52 Å². The number of fused-ring (bicyclic) bond motifs is 1. The summed E-state index contributed by atoms with van der Waals surface area (Å²) in [4.78, 5) is 9.62. The van der Waals surface area contributed by atoms with Crippen molar-refractivity contribution in [2.45, 2.75) is 25.4 Å². The molecule has 1 fully saturated rings. The number of para-hydroxylation sites is 1. The number of nitrogens with zero attached hydrogens (tertiary/aromatic N) is 3. The van der Waals surface area contributed by atoms with Crippen LogP contribution in [0.4, 0.5) is 5.82 Å². The Labute approximate surface area is 126 Å². The van der Waals surface area contributed by atoms with E-state index in [1.54, 1.807) is 0 Å². The van der Waals surface area contributed by atoms with Crippen LogP contribution in [0.2, 0.25) is 0 Å². The average molecular weight is 284 g/mol. The fourth-order valence-electron chi connectivity index (χ4n) is 3.27. The van der Waals surface area contributed by atoms with Crippen LogP contribution in [0.15, 0.2) is 30.3 Å². The predicted octanol–water partition coefficient (Wildman–Crippen LogP) is 2.22. The van der Waals surface area contributed by atoms with Crippen molar-refractivity contribution in [1.82, 2.24) is 9.88 Å². The number of anilines is 1. The van der Waals surface area contributed by atoms with Crippen LogP contribution in [-0.4, -0.2) is 43.1 Å². The minimum absolute atomic E-state index is 0.540. The Morgan fingerprint density at radius 2 is 2.14 bits per heavy atom. The SMILES string of the molecule is CN(C)CC1CCCN1c1nc2ccccc2cc1CN. The largest absolute Gasteiger partial charge is 0.352 e. The Bertz CT molecular complexity index is 623. The van der Waals surface area contributed by atoms with Gasteiger partial charge in [0.1, 0.15) is 5.82 Å². The lowest BCUT2D eigenvalue weighted by Crippen LogP contribution is -2.38. The molecular formula is C17H24N4. The lowest BCUT2D eigenvalue weighted by atomic mass is 10.1. The van der Waals surface area contributed by atoms with E-state index >= 15 is 0 Å². The summed E-state index contributed by atoms with van der Waals surface area (Å²) in [5.74, 6) is 1.08. The van der Waals surface area contributed by atoms with E-state index in [0.29, 0.717) is 12.6 Å². The van der Waals surface area contributed by atoms with E-state index < -0.39 is 0 Å². The molecule has 1 aliphatic rings. The normalized spacial score (nSPS) is 18.9. The van der Waals surface area contributed by atoms with Gasteiger partial charge in [0.2, 0.25) is 0 Å². The van der Waals surface area contributed by atoms with E-state index in [1.807, 2.05) is 6.07 Å². The molecular weight excluding hydrogens is 260 g/mol. The van der Waals surface area contributed by atoms with E-state index in [-0.39, 0.29) is 0 Å². The Balaban J connectivity index is 2.01. The summed E-state index contributed by atoms with van der Waals surface area (Å²) in [6, 6.07) is 11.0. The number of hydrogen-bond donors (Lipinski definition) is 1. The van der Waals surface area contributed by atoms with Crippen molar-refractivity contribution >= 4 is 16.7 Å². The quantitative estimate of drug-likeness (QED) is 0.935. The number of rotatable bonds is 4. The van der Waals surface area contributed by atoms with Gasteiger partial charge in [-0.15, -0.1) is 0 Å².